The fourth-order valence-corrected chi connectivity index (χ4v) is 5.43. The zero-order valence-electron chi connectivity index (χ0n) is 23.3. The van der Waals surface area contributed by atoms with E-state index < -0.39 is 23.1 Å². The molecule has 1 aromatic carbocycles. The quantitative estimate of drug-likeness (QED) is 0.330. The summed E-state index contributed by atoms with van der Waals surface area (Å²) in [5.74, 6) is 0.433. The molecule has 0 radical (unpaired) electrons. The van der Waals surface area contributed by atoms with Crippen molar-refractivity contribution < 1.29 is 27.5 Å². The van der Waals surface area contributed by atoms with Gasteiger partial charge < -0.3 is 20.7 Å². The summed E-state index contributed by atoms with van der Waals surface area (Å²) in [6.07, 6.45) is 1.81. The largest absolute Gasteiger partial charge is 0.496 e. The molecule has 4 heterocycles. The third-order valence-electron chi connectivity index (χ3n) is 7.52. The molecule has 3 aromatic heterocycles. The Labute approximate surface area is 239 Å². The molecule has 1 saturated heterocycles. The number of alkyl halides is 3. The highest BCUT2D eigenvalue weighted by Gasteiger charge is 2.39. The summed E-state index contributed by atoms with van der Waals surface area (Å²) in [7, 11) is 1.44. The van der Waals surface area contributed by atoms with Crippen LogP contribution in [0.2, 0.25) is 0 Å². The minimum atomic E-state index is -4.57. The van der Waals surface area contributed by atoms with Gasteiger partial charge >= 0.3 is 6.18 Å². The molecule has 1 aliphatic rings. The van der Waals surface area contributed by atoms with E-state index in [9.17, 15) is 22.8 Å². The van der Waals surface area contributed by atoms with Crippen molar-refractivity contribution in [2.45, 2.75) is 44.7 Å². The topological polar surface area (TPSA) is 128 Å². The van der Waals surface area contributed by atoms with E-state index in [1.807, 2.05) is 16.2 Å². The molecule has 3 N–H and O–H groups in total. The molecule has 0 bridgehead atoms. The molecule has 10 nitrogen and oxygen atoms in total. The number of nitrogens with zero attached hydrogens (tertiary/aromatic N) is 5. The lowest BCUT2D eigenvalue weighted by Gasteiger charge is -2.39. The second-order valence-electron chi connectivity index (χ2n) is 10.4. The Balaban J connectivity index is 1.53. The van der Waals surface area contributed by atoms with Gasteiger partial charge in [0.15, 0.2) is 0 Å². The van der Waals surface area contributed by atoms with Gasteiger partial charge in [0.2, 0.25) is 5.91 Å². The van der Waals surface area contributed by atoms with Crippen LogP contribution in [-0.4, -0.2) is 56.3 Å². The van der Waals surface area contributed by atoms with Crippen LogP contribution in [0.1, 0.15) is 54.9 Å². The fourth-order valence-electron chi connectivity index (χ4n) is 5.43. The Morgan fingerprint density at radius 2 is 1.95 bits per heavy atom. The minimum absolute atomic E-state index is 0.0825. The van der Waals surface area contributed by atoms with Crippen molar-refractivity contribution in [2.75, 3.05) is 31.2 Å². The highest BCUT2D eigenvalue weighted by Crippen LogP contribution is 2.40. The molecule has 220 valence electrons. The summed E-state index contributed by atoms with van der Waals surface area (Å²) in [5, 5.41) is 2.40. The lowest BCUT2D eigenvalue weighted by atomic mass is 9.81. The Morgan fingerprint density at radius 1 is 1.17 bits per heavy atom. The van der Waals surface area contributed by atoms with Crippen LogP contribution in [0.4, 0.5) is 24.8 Å². The number of nitrogen functional groups attached to an aromatic ring is 1. The molecule has 5 rings (SSSR count). The van der Waals surface area contributed by atoms with Crippen molar-refractivity contribution in [3.63, 3.8) is 0 Å². The van der Waals surface area contributed by atoms with Crippen LogP contribution in [0.3, 0.4) is 0 Å². The average molecular weight is 582 g/mol. The maximum atomic E-state index is 13.1. The van der Waals surface area contributed by atoms with E-state index in [0.717, 1.165) is 37.0 Å². The predicted molar refractivity (Wildman–Crippen MR) is 150 cm³/mol. The van der Waals surface area contributed by atoms with Gasteiger partial charge in [-0.3, -0.25) is 14.0 Å². The number of likely N-dealkylation sites (tertiary alicyclic amines) is 1. The number of halogens is 3. The van der Waals surface area contributed by atoms with Crippen molar-refractivity contribution in [1.29, 1.82) is 0 Å². The summed E-state index contributed by atoms with van der Waals surface area (Å²) in [6.45, 7) is 5.11. The highest BCUT2D eigenvalue weighted by molar-refractivity contribution is 6.04. The number of nitrogens with one attached hydrogen (secondary N) is 1. The van der Waals surface area contributed by atoms with Crippen LogP contribution >= 0.6 is 0 Å². The summed E-state index contributed by atoms with van der Waals surface area (Å²) in [5.41, 5.74) is 6.66. The van der Waals surface area contributed by atoms with Gasteiger partial charge in [0.1, 0.15) is 34.4 Å². The van der Waals surface area contributed by atoms with Gasteiger partial charge in [0, 0.05) is 54.6 Å². The molecule has 4 aromatic rings. The number of hydrogen-bond acceptors (Lipinski definition) is 7. The number of anilines is 2. The SMILES string of the molecule is CCC(=O)N1CCCC(C)(c2nc(-c3ccc(C(=O)Nc4cc(C(F)(F)F)ccn4)cc3OC)c3c(N)nccn23)C1. The van der Waals surface area contributed by atoms with Gasteiger partial charge in [0.25, 0.3) is 5.91 Å². The fraction of sp³-hybridized carbons (Fsp3) is 0.345. The van der Waals surface area contributed by atoms with Crippen LogP contribution in [0.25, 0.3) is 16.8 Å². The normalized spacial score (nSPS) is 17.3. The number of ether oxygens (including phenoxy) is 1. The third-order valence-corrected chi connectivity index (χ3v) is 7.52. The van der Waals surface area contributed by atoms with E-state index in [2.05, 4.69) is 22.2 Å². The predicted octanol–water partition coefficient (Wildman–Crippen LogP) is 4.94. The first kappa shape index (κ1) is 28.8. The van der Waals surface area contributed by atoms with Gasteiger partial charge in [-0.05, 0) is 43.2 Å². The van der Waals surface area contributed by atoms with Gasteiger partial charge in [-0.2, -0.15) is 13.2 Å². The first-order valence-electron chi connectivity index (χ1n) is 13.4. The zero-order valence-corrected chi connectivity index (χ0v) is 23.3. The first-order chi connectivity index (χ1) is 19.9. The van der Waals surface area contributed by atoms with E-state index in [0.29, 0.717) is 42.0 Å². The maximum absolute atomic E-state index is 13.1. The van der Waals surface area contributed by atoms with E-state index in [1.54, 1.807) is 18.5 Å². The molecule has 1 aliphatic heterocycles. The van der Waals surface area contributed by atoms with Crippen LogP contribution < -0.4 is 15.8 Å². The monoisotopic (exact) mass is 581 g/mol. The van der Waals surface area contributed by atoms with Crippen molar-refractivity contribution in [3.8, 4) is 17.0 Å². The summed E-state index contributed by atoms with van der Waals surface area (Å²) in [4.78, 5) is 40.5. The maximum Gasteiger partial charge on any atom is 0.416 e. The number of piperidine rings is 1. The molecule has 1 unspecified atom stereocenters. The molecule has 1 fully saturated rings. The van der Waals surface area contributed by atoms with Gasteiger partial charge in [-0.25, -0.2) is 15.0 Å². The number of fused-ring (bicyclic) bond motifs is 1. The number of pyridine rings is 1. The van der Waals surface area contributed by atoms with Crippen molar-refractivity contribution in [3.05, 3.63) is 65.9 Å². The summed E-state index contributed by atoms with van der Waals surface area (Å²) in [6, 6.07) is 6.22. The van der Waals surface area contributed by atoms with Gasteiger partial charge in [-0.1, -0.05) is 13.8 Å². The first-order valence-corrected chi connectivity index (χ1v) is 13.4. The van der Waals surface area contributed by atoms with Crippen molar-refractivity contribution in [2.24, 2.45) is 0 Å². The van der Waals surface area contributed by atoms with E-state index in [-0.39, 0.29) is 23.1 Å². The number of methoxy groups -OCH3 is 1. The Hall–Kier alpha value is -4.68. The molecule has 0 aliphatic carbocycles. The van der Waals surface area contributed by atoms with Crippen LogP contribution in [0.5, 0.6) is 5.75 Å². The summed E-state index contributed by atoms with van der Waals surface area (Å²) < 4.78 is 46.8. The minimum Gasteiger partial charge on any atom is -0.496 e. The standard InChI is InChI=1S/C29H30F3N7O3/c1-4-22(40)38-12-5-9-28(2,16-38)27-37-23(24-25(33)35-11-13-39(24)27)19-7-6-17(14-20(19)42-3)26(41)36-21-15-18(8-10-34-21)29(30,31)32/h6-8,10-11,13-15H,4-5,9,12,16H2,1-3H3,(H2,33,35)(H,34,36,41). The van der Waals surface area contributed by atoms with Crippen LogP contribution in [0, 0.1) is 0 Å². The van der Waals surface area contributed by atoms with Crippen LogP contribution in [0.15, 0.2) is 48.9 Å². The number of nitrogens with two attached hydrogens (primary N) is 1. The Bertz CT molecular complexity index is 1670. The van der Waals surface area contributed by atoms with E-state index in [4.69, 9.17) is 15.5 Å². The van der Waals surface area contributed by atoms with Crippen molar-refractivity contribution in [1.82, 2.24) is 24.3 Å². The van der Waals surface area contributed by atoms with Gasteiger partial charge in [-0.15, -0.1) is 0 Å². The molecular weight excluding hydrogens is 551 g/mol. The lowest BCUT2D eigenvalue weighted by Crippen LogP contribution is -2.47. The molecule has 1 atom stereocenters. The molecular formula is C29H30F3N7O3. The smallest absolute Gasteiger partial charge is 0.416 e. The van der Waals surface area contributed by atoms with Crippen LogP contribution in [-0.2, 0) is 16.4 Å². The zero-order chi connectivity index (χ0) is 30.2. The lowest BCUT2D eigenvalue weighted by molar-refractivity contribution is -0.137. The van der Waals surface area contributed by atoms with Crippen molar-refractivity contribution >= 4 is 29.0 Å². The van der Waals surface area contributed by atoms with E-state index in [1.165, 1.54) is 19.2 Å². The molecule has 2 amide bonds. The number of carbonyl (C=O) groups is 2. The number of carbonyl (C=O) groups excluding carboxylic acids is 2. The number of hydrogen-bond donors (Lipinski definition) is 2. The molecule has 0 spiro atoms. The Kier molecular flexibility index (Phi) is 7.52. The number of rotatable bonds is 6. The second-order valence-corrected chi connectivity index (χ2v) is 10.4. The average Bonchev–Trinajstić information content (AvgIpc) is 3.38. The number of aromatic nitrogens is 4. The Morgan fingerprint density at radius 3 is 2.67 bits per heavy atom. The molecule has 13 heteroatoms. The number of imidazole rings is 1. The molecule has 0 saturated carbocycles. The third kappa shape index (κ3) is 5.33. The number of benzene rings is 1. The highest BCUT2D eigenvalue weighted by atomic mass is 19.4. The molecule has 42 heavy (non-hydrogen) atoms. The second kappa shape index (κ2) is 11.0. The van der Waals surface area contributed by atoms with Gasteiger partial charge in [0.05, 0.1) is 12.7 Å². The van der Waals surface area contributed by atoms with E-state index >= 15 is 0 Å². The summed E-state index contributed by atoms with van der Waals surface area (Å²) >= 11 is 0. The number of amides is 2.